The van der Waals surface area contributed by atoms with Crippen LogP contribution in [0.15, 0.2) is 30.3 Å². The molecule has 1 aliphatic carbocycles. The summed E-state index contributed by atoms with van der Waals surface area (Å²) in [5, 5.41) is 12.5. The molecule has 1 saturated carbocycles. The molecule has 26 heavy (non-hydrogen) atoms. The van der Waals surface area contributed by atoms with Crippen molar-refractivity contribution in [2.45, 2.75) is 44.6 Å². The molecule has 3 rings (SSSR count). The highest BCUT2D eigenvalue weighted by Gasteiger charge is 2.43. The summed E-state index contributed by atoms with van der Waals surface area (Å²) in [4.78, 5) is 38.1. The molecular formula is C20H26N2O4. The highest BCUT2D eigenvalue weighted by atomic mass is 16.4. The lowest BCUT2D eigenvalue weighted by molar-refractivity contribution is -0.142. The Labute approximate surface area is 153 Å². The van der Waals surface area contributed by atoms with Crippen LogP contribution >= 0.6 is 0 Å². The molecule has 0 bridgehead atoms. The van der Waals surface area contributed by atoms with Gasteiger partial charge in [0.1, 0.15) is 6.04 Å². The van der Waals surface area contributed by atoms with Crippen LogP contribution in [0, 0.1) is 11.8 Å². The number of carbonyl (C=O) groups excluding carboxylic acids is 2. The second-order valence-corrected chi connectivity index (χ2v) is 7.43. The molecule has 2 aliphatic rings. The van der Waals surface area contributed by atoms with Crippen LogP contribution in [0.2, 0.25) is 0 Å². The van der Waals surface area contributed by atoms with E-state index < -0.39 is 17.9 Å². The molecule has 2 fully saturated rings. The lowest BCUT2D eigenvalue weighted by Gasteiger charge is -2.28. The molecule has 2 N–H and O–H groups in total. The first-order valence-electron chi connectivity index (χ1n) is 9.31. The molecule has 140 valence electrons. The molecule has 0 radical (unpaired) electrons. The zero-order valence-corrected chi connectivity index (χ0v) is 15.1. The van der Waals surface area contributed by atoms with Crippen LogP contribution < -0.4 is 5.32 Å². The van der Waals surface area contributed by atoms with Crippen LogP contribution in [-0.2, 0) is 14.4 Å². The van der Waals surface area contributed by atoms with Gasteiger partial charge in [-0.25, -0.2) is 0 Å². The minimum atomic E-state index is -0.883. The molecule has 2 amide bonds. The van der Waals surface area contributed by atoms with E-state index in [9.17, 15) is 19.5 Å². The molecule has 6 heteroatoms. The van der Waals surface area contributed by atoms with Crippen LogP contribution in [0.1, 0.15) is 44.1 Å². The second kappa shape index (κ2) is 7.89. The summed E-state index contributed by atoms with van der Waals surface area (Å²) < 4.78 is 0. The number of carboxylic acid groups (broad SMARTS) is 1. The minimum absolute atomic E-state index is 0.142. The average Bonchev–Trinajstić information content (AvgIpc) is 3.29. The van der Waals surface area contributed by atoms with E-state index in [-0.39, 0.29) is 30.2 Å². The lowest BCUT2D eigenvalue weighted by atomic mass is 9.89. The highest BCUT2D eigenvalue weighted by molar-refractivity contribution is 5.88. The quantitative estimate of drug-likeness (QED) is 0.843. The van der Waals surface area contributed by atoms with Gasteiger partial charge in [-0.2, -0.15) is 0 Å². The number of aliphatic carboxylic acids is 1. The first-order valence-corrected chi connectivity index (χ1v) is 9.31. The van der Waals surface area contributed by atoms with E-state index in [1.807, 2.05) is 30.3 Å². The SMILES string of the molecule is CC(=O)NC(C(=O)N1C[C@H](C(=O)O)[C@H](c2ccccc2)C1)C1CCCC1. The van der Waals surface area contributed by atoms with Gasteiger partial charge in [0.05, 0.1) is 5.92 Å². The Balaban J connectivity index is 1.79. The molecule has 1 heterocycles. The molecule has 6 nitrogen and oxygen atoms in total. The van der Waals surface area contributed by atoms with Gasteiger partial charge in [-0.1, -0.05) is 43.2 Å². The van der Waals surface area contributed by atoms with Crippen molar-refractivity contribution in [3.05, 3.63) is 35.9 Å². The van der Waals surface area contributed by atoms with E-state index in [1.54, 1.807) is 4.90 Å². The van der Waals surface area contributed by atoms with Gasteiger partial charge in [0.25, 0.3) is 0 Å². The molecule has 1 saturated heterocycles. The Morgan fingerprint density at radius 1 is 1.12 bits per heavy atom. The van der Waals surface area contributed by atoms with E-state index >= 15 is 0 Å². The Morgan fingerprint density at radius 2 is 1.77 bits per heavy atom. The van der Waals surface area contributed by atoms with Crippen molar-refractivity contribution in [2.75, 3.05) is 13.1 Å². The van der Waals surface area contributed by atoms with E-state index in [4.69, 9.17) is 0 Å². The molecule has 1 aliphatic heterocycles. The number of carbonyl (C=O) groups is 3. The van der Waals surface area contributed by atoms with E-state index in [2.05, 4.69) is 5.32 Å². The Kier molecular flexibility index (Phi) is 5.59. The first-order chi connectivity index (χ1) is 12.5. The molecule has 1 unspecified atom stereocenters. The summed E-state index contributed by atoms with van der Waals surface area (Å²) in [6.07, 6.45) is 3.99. The maximum Gasteiger partial charge on any atom is 0.308 e. The fraction of sp³-hybridized carbons (Fsp3) is 0.550. The monoisotopic (exact) mass is 358 g/mol. The Morgan fingerprint density at radius 3 is 2.35 bits per heavy atom. The third-order valence-corrected chi connectivity index (χ3v) is 5.67. The molecule has 0 aromatic heterocycles. The lowest BCUT2D eigenvalue weighted by Crippen LogP contribution is -2.51. The van der Waals surface area contributed by atoms with E-state index in [0.717, 1.165) is 31.2 Å². The number of hydrogen-bond acceptors (Lipinski definition) is 3. The van der Waals surface area contributed by atoms with Gasteiger partial charge in [0.15, 0.2) is 0 Å². The van der Waals surface area contributed by atoms with Gasteiger partial charge in [0.2, 0.25) is 11.8 Å². The van der Waals surface area contributed by atoms with Gasteiger partial charge >= 0.3 is 5.97 Å². The minimum Gasteiger partial charge on any atom is -0.481 e. The smallest absolute Gasteiger partial charge is 0.308 e. The number of nitrogens with one attached hydrogen (secondary N) is 1. The summed E-state index contributed by atoms with van der Waals surface area (Å²) in [5.74, 6) is -1.95. The number of benzene rings is 1. The largest absolute Gasteiger partial charge is 0.481 e. The van der Waals surface area contributed by atoms with Gasteiger partial charge < -0.3 is 15.3 Å². The fourth-order valence-corrected chi connectivity index (χ4v) is 4.36. The average molecular weight is 358 g/mol. The van der Waals surface area contributed by atoms with Crippen molar-refractivity contribution in [1.82, 2.24) is 10.2 Å². The van der Waals surface area contributed by atoms with Crippen molar-refractivity contribution < 1.29 is 19.5 Å². The van der Waals surface area contributed by atoms with Gasteiger partial charge in [-0.05, 0) is 24.3 Å². The molecule has 1 aromatic rings. The molecular weight excluding hydrogens is 332 g/mol. The zero-order valence-electron chi connectivity index (χ0n) is 15.1. The van der Waals surface area contributed by atoms with E-state index in [1.165, 1.54) is 6.92 Å². The standard InChI is InChI=1S/C20H26N2O4/c1-13(23)21-18(15-9-5-6-10-15)19(24)22-11-16(17(12-22)20(25)26)14-7-3-2-4-8-14/h2-4,7-8,15-18H,5-6,9-12H2,1H3,(H,21,23)(H,25,26)/t16-,17-,18?/m0/s1. The zero-order chi connectivity index (χ0) is 18.7. The van der Waals surface area contributed by atoms with Crippen molar-refractivity contribution in [1.29, 1.82) is 0 Å². The summed E-state index contributed by atoms with van der Waals surface area (Å²) in [5.41, 5.74) is 0.937. The summed E-state index contributed by atoms with van der Waals surface area (Å²) in [6, 6.07) is 8.95. The number of hydrogen-bond donors (Lipinski definition) is 2. The maximum atomic E-state index is 13.1. The van der Waals surface area contributed by atoms with Crippen LogP contribution in [-0.4, -0.2) is 46.9 Å². The highest BCUT2D eigenvalue weighted by Crippen LogP contribution is 2.35. The Hall–Kier alpha value is -2.37. The normalized spacial score (nSPS) is 24.4. The molecule has 0 spiro atoms. The summed E-state index contributed by atoms with van der Waals surface area (Å²) in [6.45, 7) is 1.99. The van der Waals surface area contributed by atoms with Crippen LogP contribution in [0.3, 0.4) is 0 Å². The van der Waals surface area contributed by atoms with Crippen LogP contribution in [0.4, 0.5) is 0 Å². The second-order valence-electron chi connectivity index (χ2n) is 7.43. The number of nitrogens with zero attached hydrogens (tertiary/aromatic N) is 1. The van der Waals surface area contributed by atoms with Crippen molar-refractivity contribution in [3.8, 4) is 0 Å². The molecule has 3 atom stereocenters. The summed E-state index contributed by atoms with van der Waals surface area (Å²) in [7, 11) is 0. The first kappa shape index (κ1) is 18.4. The third-order valence-electron chi connectivity index (χ3n) is 5.67. The number of carboxylic acids is 1. The third kappa shape index (κ3) is 3.89. The van der Waals surface area contributed by atoms with Crippen LogP contribution in [0.25, 0.3) is 0 Å². The van der Waals surface area contributed by atoms with E-state index in [0.29, 0.717) is 6.54 Å². The predicted molar refractivity (Wildman–Crippen MR) is 96.5 cm³/mol. The van der Waals surface area contributed by atoms with Crippen molar-refractivity contribution >= 4 is 17.8 Å². The Bertz CT molecular complexity index is 670. The van der Waals surface area contributed by atoms with Crippen molar-refractivity contribution in [3.63, 3.8) is 0 Å². The van der Waals surface area contributed by atoms with Gasteiger partial charge in [-0.3, -0.25) is 14.4 Å². The van der Waals surface area contributed by atoms with Crippen LogP contribution in [0.5, 0.6) is 0 Å². The number of amides is 2. The molecule has 1 aromatic carbocycles. The fourth-order valence-electron chi connectivity index (χ4n) is 4.36. The topological polar surface area (TPSA) is 86.7 Å². The number of likely N-dealkylation sites (tertiary alicyclic amines) is 1. The summed E-state index contributed by atoms with van der Waals surface area (Å²) >= 11 is 0. The maximum absolute atomic E-state index is 13.1. The van der Waals surface area contributed by atoms with Gasteiger partial charge in [-0.15, -0.1) is 0 Å². The van der Waals surface area contributed by atoms with Crippen molar-refractivity contribution in [2.24, 2.45) is 11.8 Å². The number of rotatable bonds is 5. The predicted octanol–water partition coefficient (Wildman–Crippen LogP) is 2.01. The van der Waals surface area contributed by atoms with Gasteiger partial charge in [0, 0.05) is 25.9 Å².